The first-order valence-electron chi connectivity index (χ1n) is 21.6. The molecule has 10 aromatic carbocycles. The molecular formula is C60H41N3. The third-order valence-electron chi connectivity index (χ3n) is 12.5. The first-order chi connectivity index (χ1) is 31.2. The molecule has 12 rings (SSSR count). The SMILES string of the molecule is c1ccc(-c2ccc(N(c3ccc(-c4cccc(-n5c6ccccc6c6ccccc65)c4)cc3)c3ccc(-c4cccc(-n5c6ccccc6c6ccccc65)c4)cc3)cc2)cc1. The fraction of sp³-hybridized carbons (Fsp3) is 0. The lowest BCUT2D eigenvalue weighted by molar-refractivity contribution is 1.18. The Kier molecular flexibility index (Phi) is 8.83. The summed E-state index contributed by atoms with van der Waals surface area (Å²) in [6, 6.07) is 90.0. The van der Waals surface area contributed by atoms with E-state index in [0.29, 0.717) is 0 Å². The van der Waals surface area contributed by atoms with Gasteiger partial charge in [-0.3, -0.25) is 0 Å². The van der Waals surface area contributed by atoms with E-state index in [2.05, 4.69) is 263 Å². The van der Waals surface area contributed by atoms with Crippen LogP contribution in [0.1, 0.15) is 0 Å². The van der Waals surface area contributed by atoms with Gasteiger partial charge in [0.1, 0.15) is 0 Å². The minimum atomic E-state index is 1.09. The molecule has 0 saturated heterocycles. The van der Waals surface area contributed by atoms with Crippen LogP contribution in [0.2, 0.25) is 0 Å². The number of fused-ring (bicyclic) bond motifs is 6. The predicted octanol–water partition coefficient (Wildman–Crippen LogP) is 16.4. The zero-order valence-electron chi connectivity index (χ0n) is 34.5. The smallest absolute Gasteiger partial charge is 0.0541 e. The van der Waals surface area contributed by atoms with Crippen molar-refractivity contribution in [1.82, 2.24) is 9.13 Å². The number of hydrogen-bond acceptors (Lipinski definition) is 1. The van der Waals surface area contributed by atoms with Gasteiger partial charge in [0.2, 0.25) is 0 Å². The lowest BCUT2D eigenvalue weighted by atomic mass is 10.0. The molecule has 0 amide bonds. The molecule has 12 aromatic rings. The molecule has 0 spiro atoms. The normalized spacial score (nSPS) is 11.5. The summed E-state index contributed by atoms with van der Waals surface area (Å²) < 4.78 is 4.77. The second kappa shape index (κ2) is 15.3. The Labute approximate surface area is 366 Å². The molecule has 63 heavy (non-hydrogen) atoms. The molecule has 296 valence electrons. The summed E-state index contributed by atoms with van der Waals surface area (Å²) in [5, 5.41) is 5.06. The molecule has 0 aliphatic carbocycles. The molecule has 0 bridgehead atoms. The molecule has 3 heteroatoms. The van der Waals surface area contributed by atoms with Gasteiger partial charge in [-0.15, -0.1) is 0 Å². The fourth-order valence-corrected chi connectivity index (χ4v) is 9.54. The highest BCUT2D eigenvalue weighted by molar-refractivity contribution is 6.10. The molecule has 3 nitrogen and oxygen atoms in total. The second-order valence-electron chi connectivity index (χ2n) is 16.2. The third kappa shape index (κ3) is 6.38. The third-order valence-corrected chi connectivity index (χ3v) is 12.5. The Balaban J connectivity index is 0.906. The van der Waals surface area contributed by atoms with Crippen LogP contribution in [-0.4, -0.2) is 9.13 Å². The van der Waals surface area contributed by atoms with Crippen LogP contribution in [0.15, 0.2) is 249 Å². The molecule has 0 N–H and O–H groups in total. The molecule has 0 radical (unpaired) electrons. The van der Waals surface area contributed by atoms with Crippen molar-refractivity contribution in [2.24, 2.45) is 0 Å². The summed E-state index contributed by atoms with van der Waals surface area (Å²) in [6.07, 6.45) is 0. The van der Waals surface area contributed by atoms with Crippen LogP contribution in [0.5, 0.6) is 0 Å². The number of aromatic nitrogens is 2. The van der Waals surface area contributed by atoms with E-state index in [-0.39, 0.29) is 0 Å². The Morgan fingerprint density at radius 2 is 0.508 bits per heavy atom. The van der Waals surface area contributed by atoms with Gasteiger partial charge in [0, 0.05) is 50.0 Å². The Hall–Kier alpha value is -8.40. The highest BCUT2D eigenvalue weighted by atomic mass is 15.1. The maximum absolute atomic E-state index is 2.38. The molecule has 0 aliphatic rings. The van der Waals surface area contributed by atoms with Crippen molar-refractivity contribution < 1.29 is 0 Å². The second-order valence-corrected chi connectivity index (χ2v) is 16.2. The standard InChI is InChI=1S/C60H41N3/c1-2-14-42(15-3-1)43-28-34-48(35-29-43)61(49-36-30-44(31-37-49)46-16-12-18-51(40-46)62-57-24-8-4-20-53(57)54-21-5-9-25-58(54)62)50-38-32-45(33-39-50)47-17-13-19-52(41-47)63-59-26-10-6-22-55(59)56-23-7-11-27-60(56)63/h1-41H. The molecule has 0 aliphatic heterocycles. The predicted molar refractivity (Wildman–Crippen MR) is 266 cm³/mol. The summed E-state index contributed by atoms with van der Waals surface area (Å²) >= 11 is 0. The monoisotopic (exact) mass is 803 g/mol. The van der Waals surface area contributed by atoms with E-state index in [1.54, 1.807) is 0 Å². The number of para-hydroxylation sites is 4. The zero-order chi connectivity index (χ0) is 41.7. The van der Waals surface area contributed by atoms with E-state index in [1.165, 1.54) is 77.0 Å². The van der Waals surface area contributed by atoms with Gasteiger partial charge >= 0.3 is 0 Å². The summed E-state index contributed by atoms with van der Waals surface area (Å²) in [5.41, 5.74) is 17.5. The van der Waals surface area contributed by atoms with Crippen LogP contribution < -0.4 is 4.90 Å². The van der Waals surface area contributed by atoms with Crippen molar-refractivity contribution in [2.75, 3.05) is 4.90 Å². The van der Waals surface area contributed by atoms with Gasteiger partial charge in [-0.1, -0.05) is 164 Å². The number of nitrogens with zero attached hydrogens (tertiary/aromatic N) is 3. The number of benzene rings is 10. The van der Waals surface area contributed by atoms with Gasteiger partial charge in [-0.05, 0) is 118 Å². The van der Waals surface area contributed by atoms with E-state index in [1.807, 2.05) is 0 Å². The van der Waals surface area contributed by atoms with Crippen LogP contribution in [-0.2, 0) is 0 Å². The minimum absolute atomic E-state index is 1.09. The quantitative estimate of drug-likeness (QED) is 0.149. The largest absolute Gasteiger partial charge is 0.311 e. The average Bonchev–Trinajstić information content (AvgIpc) is 3.88. The van der Waals surface area contributed by atoms with Gasteiger partial charge in [0.15, 0.2) is 0 Å². The maximum Gasteiger partial charge on any atom is 0.0541 e. The van der Waals surface area contributed by atoms with Crippen LogP contribution in [0.25, 0.3) is 88.4 Å². The van der Waals surface area contributed by atoms with Crippen molar-refractivity contribution in [3.05, 3.63) is 249 Å². The van der Waals surface area contributed by atoms with Crippen LogP contribution in [0.4, 0.5) is 17.1 Å². The molecule has 0 fully saturated rings. The molecule has 0 saturated carbocycles. The Morgan fingerprint density at radius 1 is 0.222 bits per heavy atom. The fourth-order valence-electron chi connectivity index (χ4n) is 9.54. The van der Waals surface area contributed by atoms with Crippen molar-refractivity contribution in [3.8, 4) is 44.8 Å². The Morgan fingerprint density at radius 3 is 0.873 bits per heavy atom. The van der Waals surface area contributed by atoms with Crippen LogP contribution in [0, 0.1) is 0 Å². The number of anilines is 3. The van der Waals surface area contributed by atoms with E-state index >= 15 is 0 Å². The molecule has 2 aromatic heterocycles. The average molecular weight is 804 g/mol. The van der Waals surface area contributed by atoms with Crippen LogP contribution in [0.3, 0.4) is 0 Å². The summed E-state index contributed by atoms with van der Waals surface area (Å²) in [5.74, 6) is 0. The van der Waals surface area contributed by atoms with Crippen molar-refractivity contribution >= 4 is 60.7 Å². The molecule has 0 atom stereocenters. The van der Waals surface area contributed by atoms with E-state index in [9.17, 15) is 0 Å². The topological polar surface area (TPSA) is 13.1 Å². The van der Waals surface area contributed by atoms with Gasteiger partial charge in [-0.25, -0.2) is 0 Å². The number of hydrogen-bond donors (Lipinski definition) is 0. The van der Waals surface area contributed by atoms with Gasteiger partial charge in [0.05, 0.1) is 22.1 Å². The van der Waals surface area contributed by atoms with Gasteiger partial charge in [-0.2, -0.15) is 0 Å². The van der Waals surface area contributed by atoms with E-state index < -0.39 is 0 Å². The van der Waals surface area contributed by atoms with Crippen molar-refractivity contribution in [1.29, 1.82) is 0 Å². The summed E-state index contributed by atoms with van der Waals surface area (Å²) in [4.78, 5) is 2.35. The first kappa shape index (κ1) is 36.5. The number of rotatable bonds is 8. The minimum Gasteiger partial charge on any atom is -0.311 e. The van der Waals surface area contributed by atoms with Gasteiger partial charge < -0.3 is 14.0 Å². The highest BCUT2D eigenvalue weighted by Crippen LogP contribution is 2.40. The molecule has 2 heterocycles. The summed E-state index contributed by atoms with van der Waals surface area (Å²) in [6.45, 7) is 0. The highest BCUT2D eigenvalue weighted by Gasteiger charge is 2.17. The van der Waals surface area contributed by atoms with Crippen molar-refractivity contribution in [2.45, 2.75) is 0 Å². The molecule has 0 unspecified atom stereocenters. The maximum atomic E-state index is 2.38. The van der Waals surface area contributed by atoms with Crippen LogP contribution >= 0.6 is 0 Å². The van der Waals surface area contributed by atoms with Gasteiger partial charge in [0.25, 0.3) is 0 Å². The zero-order valence-corrected chi connectivity index (χ0v) is 34.5. The van der Waals surface area contributed by atoms with Crippen molar-refractivity contribution in [3.63, 3.8) is 0 Å². The van der Waals surface area contributed by atoms with E-state index in [0.717, 1.165) is 28.4 Å². The first-order valence-corrected chi connectivity index (χ1v) is 21.6. The Bertz CT molecular complexity index is 3290. The van der Waals surface area contributed by atoms with E-state index in [4.69, 9.17) is 0 Å². The lowest BCUT2D eigenvalue weighted by Crippen LogP contribution is -2.09. The summed E-state index contributed by atoms with van der Waals surface area (Å²) in [7, 11) is 0. The lowest BCUT2D eigenvalue weighted by Gasteiger charge is -2.26. The molecular weight excluding hydrogens is 763 g/mol.